The van der Waals surface area contributed by atoms with Gasteiger partial charge in [0.25, 0.3) is 0 Å². The molecule has 0 saturated carbocycles. The van der Waals surface area contributed by atoms with Crippen LogP contribution < -0.4 is 5.32 Å². The SMILES string of the molecule is CCc1nccn1CCCNC(=O)/C=C/c1ccccc1. The van der Waals surface area contributed by atoms with Crippen LogP contribution in [-0.2, 0) is 17.8 Å². The zero-order valence-electron chi connectivity index (χ0n) is 12.3. The zero-order valence-corrected chi connectivity index (χ0v) is 12.3. The molecule has 0 aliphatic rings. The Labute approximate surface area is 125 Å². The van der Waals surface area contributed by atoms with E-state index in [0.29, 0.717) is 6.54 Å². The molecule has 1 heterocycles. The maximum atomic E-state index is 11.7. The van der Waals surface area contributed by atoms with Crippen molar-refractivity contribution in [2.75, 3.05) is 6.54 Å². The molecule has 0 aliphatic heterocycles. The van der Waals surface area contributed by atoms with Crippen LogP contribution in [0.1, 0.15) is 24.7 Å². The second-order valence-corrected chi connectivity index (χ2v) is 4.78. The quantitative estimate of drug-likeness (QED) is 0.627. The Morgan fingerprint density at radius 1 is 1.33 bits per heavy atom. The molecule has 0 fully saturated rings. The van der Waals surface area contributed by atoms with Crippen molar-refractivity contribution in [1.82, 2.24) is 14.9 Å². The standard InChI is InChI=1S/C17H21N3O/c1-2-16-18-12-14-20(16)13-6-11-19-17(21)10-9-15-7-4-3-5-8-15/h3-5,7-10,12,14H,2,6,11,13H2,1H3,(H,19,21)/b10-9+. The van der Waals surface area contributed by atoms with Crippen molar-refractivity contribution in [2.24, 2.45) is 0 Å². The van der Waals surface area contributed by atoms with E-state index >= 15 is 0 Å². The Kier molecular flexibility index (Phi) is 5.76. The second kappa shape index (κ2) is 8.04. The predicted octanol–water partition coefficient (Wildman–Crippen LogP) is 2.67. The number of carbonyl (C=O) groups is 1. The van der Waals surface area contributed by atoms with E-state index in [9.17, 15) is 4.79 Å². The number of aromatic nitrogens is 2. The first kappa shape index (κ1) is 15.0. The highest BCUT2D eigenvalue weighted by Gasteiger charge is 2.00. The van der Waals surface area contributed by atoms with Crippen LogP contribution in [0.5, 0.6) is 0 Å². The number of benzene rings is 1. The van der Waals surface area contributed by atoms with Crippen LogP contribution in [0.15, 0.2) is 48.8 Å². The van der Waals surface area contributed by atoms with Crippen molar-refractivity contribution in [2.45, 2.75) is 26.3 Å². The van der Waals surface area contributed by atoms with Gasteiger partial charge in [-0.25, -0.2) is 4.98 Å². The van der Waals surface area contributed by atoms with Crippen molar-refractivity contribution in [3.8, 4) is 0 Å². The van der Waals surface area contributed by atoms with E-state index < -0.39 is 0 Å². The molecule has 2 aromatic rings. The molecule has 0 spiro atoms. The number of aryl methyl sites for hydroxylation is 2. The number of carbonyl (C=O) groups excluding carboxylic acids is 1. The topological polar surface area (TPSA) is 46.9 Å². The maximum absolute atomic E-state index is 11.7. The minimum atomic E-state index is -0.0554. The number of rotatable bonds is 7. The molecule has 0 bridgehead atoms. The summed E-state index contributed by atoms with van der Waals surface area (Å²) in [5.74, 6) is 1.03. The smallest absolute Gasteiger partial charge is 0.244 e. The van der Waals surface area contributed by atoms with Gasteiger partial charge in [-0.15, -0.1) is 0 Å². The Balaban J connectivity index is 1.69. The molecule has 110 valence electrons. The Hall–Kier alpha value is -2.36. The second-order valence-electron chi connectivity index (χ2n) is 4.78. The van der Waals surface area contributed by atoms with E-state index in [1.54, 1.807) is 6.08 Å². The average molecular weight is 283 g/mol. The molecule has 0 radical (unpaired) electrons. The van der Waals surface area contributed by atoms with Crippen LogP contribution in [0.2, 0.25) is 0 Å². The molecule has 0 unspecified atom stereocenters. The van der Waals surface area contributed by atoms with E-state index in [2.05, 4.69) is 21.8 Å². The van der Waals surface area contributed by atoms with Gasteiger partial charge in [0.05, 0.1) is 0 Å². The third-order valence-electron chi connectivity index (χ3n) is 3.22. The molecule has 0 atom stereocenters. The van der Waals surface area contributed by atoms with Crippen molar-refractivity contribution < 1.29 is 4.79 Å². The van der Waals surface area contributed by atoms with Crippen LogP contribution in [0.3, 0.4) is 0 Å². The molecule has 2 rings (SSSR count). The van der Waals surface area contributed by atoms with Crippen molar-refractivity contribution >= 4 is 12.0 Å². The molecule has 1 aromatic heterocycles. The van der Waals surface area contributed by atoms with Crippen LogP contribution in [0.4, 0.5) is 0 Å². The van der Waals surface area contributed by atoms with Crippen molar-refractivity contribution in [3.63, 3.8) is 0 Å². The zero-order chi connectivity index (χ0) is 14.9. The lowest BCUT2D eigenvalue weighted by Gasteiger charge is -2.06. The van der Waals surface area contributed by atoms with Gasteiger partial charge in [-0.05, 0) is 18.1 Å². The molecule has 1 aromatic carbocycles. The predicted molar refractivity (Wildman–Crippen MR) is 84.7 cm³/mol. The lowest BCUT2D eigenvalue weighted by atomic mass is 10.2. The van der Waals surface area contributed by atoms with Crippen LogP contribution in [0, 0.1) is 0 Å². The summed E-state index contributed by atoms with van der Waals surface area (Å²) >= 11 is 0. The van der Waals surface area contributed by atoms with Crippen molar-refractivity contribution in [1.29, 1.82) is 0 Å². The first-order valence-corrected chi connectivity index (χ1v) is 7.30. The van der Waals surface area contributed by atoms with Gasteiger partial charge in [0, 0.05) is 38.0 Å². The van der Waals surface area contributed by atoms with Gasteiger partial charge in [0.1, 0.15) is 5.82 Å². The van der Waals surface area contributed by atoms with Crippen molar-refractivity contribution in [3.05, 3.63) is 60.2 Å². The summed E-state index contributed by atoms with van der Waals surface area (Å²) < 4.78 is 2.13. The summed E-state index contributed by atoms with van der Waals surface area (Å²) in [6, 6.07) is 9.80. The van der Waals surface area contributed by atoms with E-state index in [1.807, 2.05) is 48.8 Å². The molecule has 1 N–H and O–H groups in total. The third-order valence-corrected chi connectivity index (χ3v) is 3.22. The van der Waals surface area contributed by atoms with Gasteiger partial charge >= 0.3 is 0 Å². The highest BCUT2D eigenvalue weighted by atomic mass is 16.1. The molecular weight excluding hydrogens is 262 g/mol. The first-order chi connectivity index (χ1) is 10.3. The van der Waals surface area contributed by atoms with Gasteiger partial charge in [-0.2, -0.15) is 0 Å². The van der Waals surface area contributed by atoms with Crippen LogP contribution >= 0.6 is 0 Å². The molecule has 0 aliphatic carbocycles. The molecule has 1 amide bonds. The van der Waals surface area contributed by atoms with Crippen LogP contribution in [-0.4, -0.2) is 22.0 Å². The summed E-state index contributed by atoms with van der Waals surface area (Å²) in [5.41, 5.74) is 1.03. The Bertz CT molecular complexity index is 587. The lowest BCUT2D eigenvalue weighted by Crippen LogP contribution is -2.23. The van der Waals surface area contributed by atoms with E-state index in [0.717, 1.165) is 30.8 Å². The summed E-state index contributed by atoms with van der Waals surface area (Å²) in [6.45, 7) is 3.64. The molecule has 4 heteroatoms. The van der Waals surface area contributed by atoms with Gasteiger partial charge in [0.2, 0.25) is 5.91 Å². The van der Waals surface area contributed by atoms with Crippen LogP contribution in [0.25, 0.3) is 6.08 Å². The number of amides is 1. The number of hydrogen-bond donors (Lipinski definition) is 1. The van der Waals surface area contributed by atoms with Gasteiger partial charge in [-0.1, -0.05) is 37.3 Å². The normalized spacial score (nSPS) is 10.9. The number of nitrogens with one attached hydrogen (secondary N) is 1. The summed E-state index contributed by atoms with van der Waals surface area (Å²) in [6.07, 6.45) is 9.02. The fourth-order valence-electron chi connectivity index (χ4n) is 2.11. The minimum Gasteiger partial charge on any atom is -0.352 e. The third kappa shape index (κ3) is 4.91. The highest BCUT2D eigenvalue weighted by Crippen LogP contribution is 2.01. The number of hydrogen-bond acceptors (Lipinski definition) is 2. The maximum Gasteiger partial charge on any atom is 0.244 e. The largest absolute Gasteiger partial charge is 0.352 e. The molecule has 0 saturated heterocycles. The Morgan fingerprint density at radius 3 is 2.90 bits per heavy atom. The summed E-state index contributed by atoms with van der Waals surface area (Å²) in [4.78, 5) is 16.0. The highest BCUT2D eigenvalue weighted by molar-refractivity contribution is 5.91. The lowest BCUT2D eigenvalue weighted by molar-refractivity contribution is -0.116. The fourth-order valence-corrected chi connectivity index (χ4v) is 2.11. The summed E-state index contributed by atoms with van der Waals surface area (Å²) in [5, 5.41) is 2.89. The first-order valence-electron chi connectivity index (χ1n) is 7.30. The fraction of sp³-hybridized carbons (Fsp3) is 0.294. The van der Waals surface area contributed by atoms with E-state index in [4.69, 9.17) is 0 Å². The monoisotopic (exact) mass is 283 g/mol. The molecular formula is C17H21N3O. The van der Waals surface area contributed by atoms with E-state index in [-0.39, 0.29) is 5.91 Å². The minimum absolute atomic E-state index is 0.0554. The van der Waals surface area contributed by atoms with Gasteiger partial charge in [-0.3, -0.25) is 4.79 Å². The number of nitrogens with zero attached hydrogens (tertiary/aromatic N) is 2. The average Bonchev–Trinajstić information content (AvgIpc) is 2.98. The molecule has 21 heavy (non-hydrogen) atoms. The van der Waals surface area contributed by atoms with Gasteiger partial charge < -0.3 is 9.88 Å². The van der Waals surface area contributed by atoms with Gasteiger partial charge in [0.15, 0.2) is 0 Å². The van der Waals surface area contributed by atoms with E-state index in [1.165, 1.54) is 0 Å². The Morgan fingerprint density at radius 2 is 2.14 bits per heavy atom. The summed E-state index contributed by atoms with van der Waals surface area (Å²) in [7, 11) is 0. The molecule has 4 nitrogen and oxygen atoms in total. The number of imidazole rings is 1.